The molecular weight excluding hydrogens is 320 g/mol. The van der Waals surface area contributed by atoms with Gasteiger partial charge in [-0.2, -0.15) is 0 Å². The molecule has 122 valence electrons. The molecule has 2 rings (SSSR count). The van der Waals surface area contributed by atoms with Crippen molar-refractivity contribution in [2.45, 2.75) is 4.90 Å². The molecule has 2 aromatic rings. The minimum Gasteiger partial charge on any atom is -0.399 e. The van der Waals surface area contributed by atoms with Crippen LogP contribution >= 0.6 is 0 Å². The van der Waals surface area contributed by atoms with Crippen LogP contribution in [0, 0.1) is 10.1 Å². The van der Waals surface area contributed by atoms with Crippen LogP contribution in [0.15, 0.2) is 47.4 Å². The summed E-state index contributed by atoms with van der Waals surface area (Å²) >= 11 is 0. The smallest absolute Gasteiger partial charge is 0.294 e. The summed E-state index contributed by atoms with van der Waals surface area (Å²) in [6.07, 6.45) is 0. The molecule has 0 saturated carbocycles. The SMILES string of the molecule is CN(C)S(=O)(=O)c1ccc(Nc2ccc(N)cc2)c([N+](=O)[O-])c1. The summed E-state index contributed by atoms with van der Waals surface area (Å²) < 4.78 is 25.2. The summed E-state index contributed by atoms with van der Waals surface area (Å²) in [5.41, 5.74) is 6.62. The molecule has 2 aromatic carbocycles. The number of anilines is 3. The fraction of sp³-hybridized carbons (Fsp3) is 0.143. The van der Waals surface area contributed by atoms with Crippen LogP contribution in [0.1, 0.15) is 0 Å². The maximum Gasteiger partial charge on any atom is 0.294 e. The lowest BCUT2D eigenvalue weighted by Crippen LogP contribution is -2.22. The van der Waals surface area contributed by atoms with Crippen LogP contribution in [-0.4, -0.2) is 31.7 Å². The highest BCUT2D eigenvalue weighted by Gasteiger charge is 2.23. The van der Waals surface area contributed by atoms with E-state index in [-0.39, 0.29) is 16.3 Å². The highest BCUT2D eigenvalue weighted by molar-refractivity contribution is 7.89. The van der Waals surface area contributed by atoms with Crippen LogP contribution < -0.4 is 11.1 Å². The zero-order valence-electron chi connectivity index (χ0n) is 12.6. The standard InChI is InChI=1S/C14H16N4O4S/c1-17(2)23(21,22)12-7-8-13(14(9-12)18(19)20)16-11-5-3-10(15)4-6-11/h3-9,16H,15H2,1-2H3. The van der Waals surface area contributed by atoms with E-state index in [9.17, 15) is 18.5 Å². The Labute approximate surface area is 133 Å². The first-order valence-corrected chi connectivity index (χ1v) is 7.99. The largest absolute Gasteiger partial charge is 0.399 e. The van der Waals surface area contributed by atoms with Gasteiger partial charge in [0.25, 0.3) is 5.69 Å². The molecule has 0 spiro atoms. The topological polar surface area (TPSA) is 119 Å². The fourth-order valence-electron chi connectivity index (χ4n) is 1.86. The van der Waals surface area contributed by atoms with Crippen molar-refractivity contribution in [1.29, 1.82) is 0 Å². The van der Waals surface area contributed by atoms with Gasteiger partial charge in [0.2, 0.25) is 10.0 Å². The maximum atomic E-state index is 12.1. The number of nitrogen functional groups attached to an aromatic ring is 1. The number of nitro benzene ring substituents is 1. The number of nitrogens with zero attached hydrogens (tertiary/aromatic N) is 2. The van der Waals surface area contributed by atoms with E-state index in [1.807, 2.05) is 0 Å². The van der Waals surface area contributed by atoms with Gasteiger partial charge in [0.05, 0.1) is 9.82 Å². The van der Waals surface area contributed by atoms with Gasteiger partial charge < -0.3 is 11.1 Å². The van der Waals surface area contributed by atoms with E-state index in [0.717, 1.165) is 10.4 Å². The van der Waals surface area contributed by atoms with Gasteiger partial charge in [-0.3, -0.25) is 10.1 Å². The predicted octanol–water partition coefficient (Wildman–Crippen LogP) is 2.17. The first kappa shape index (κ1) is 16.7. The maximum absolute atomic E-state index is 12.1. The van der Waals surface area contributed by atoms with Crippen LogP contribution in [0.3, 0.4) is 0 Å². The Bertz CT molecular complexity index is 832. The average Bonchev–Trinajstić information content (AvgIpc) is 2.49. The second-order valence-electron chi connectivity index (χ2n) is 4.97. The third kappa shape index (κ3) is 3.58. The van der Waals surface area contributed by atoms with Gasteiger partial charge in [0, 0.05) is 31.5 Å². The molecule has 0 aromatic heterocycles. The molecule has 0 unspecified atom stereocenters. The van der Waals surface area contributed by atoms with Crippen LogP contribution in [0.4, 0.5) is 22.7 Å². The molecule has 0 amide bonds. The first-order chi connectivity index (χ1) is 10.7. The Morgan fingerprint density at radius 3 is 2.26 bits per heavy atom. The van der Waals surface area contributed by atoms with Crippen molar-refractivity contribution in [3.05, 3.63) is 52.6 Å². The molecule has 9 heteroatoms. The Hall–Kier alpha value is -2.65. The van der Waals surface area contributed by atoms with Crippen molar-refractivity contribution in [3.63, 3.8) is 0 Å². The Balaban J connectivity index is 2.45. The molecular formula is C14H16N4O4S. The summed E-state index contributed by atoms with van der Waals surface area (Å²) in [5.74, 6) is 0. The highest BCUT2D eigenvalue weighted by Crippen LogP contribution is 2.31. The Morgan fingerprint density at radius 2 is 1.74 bits per heavy atom. The van der Waals surface area contributed by atoms with Crippen LogP contribution in [-0.2, 0) is 10.0 Å². The predicted molar refractivity (Wildman–Crippen MR) is 88.1 cm³/mol. The van der Waals surface area contributed by atoms with Gasteiger partial charge >= 0.3 is 0 Å². The lowest BCUT2D eigenvalue weighted by molar-refractivity contribution is -0.384. The summed E-state index contributed by atoms with van der Waals surface area (Å²) in [6, 6.07) is 10.4. The van der Waals surface area contributed by atoms with Gasteiger partial charge in [-0.1, -0.05) is 0 Å². The first-order valence-electron chi connectivity index (χ1n) is 6.55. The molecule has 0 aliphatic heterocycles. The number of nitrogens with one attached hydrogen (secondary N) is 1. The van der Waals surface area contributed by atoms with E-state index in [1.165, 1.54) is 26.2 Å². The highest BCUT2D eigenvalue weighted by atomic mass is 32.2. The Kier molecular flexibility index (Phi) is 4.52. The minimum atomic E-state index is -3.74. The fourth-order valence-corrected chi connectivity index (χ4v) is 2.78. The molecule has 23 heavy (non-hydrogen) atoms. The third-order valence-electron chi connectivity index (χ3n) is 3.13. The molecule has 0 saturated heterocycles. The van der Waals surface area contributed by atoms with Crippen molar-refractivity contribution in [2.24, 2.45) is 0 Å². The van der Waals surface area contributed by atoms with Crippen LogP contribution in [0.25, 0.3) is 0 Å². The van der Waals surface area contributed by atoms with E-state index in [1.54, 1.807) is 24.3 Å². The number of sulfonamides is 1. The van der Waals surface area contributed by atoms with Crippen molar-refractivity contribution < 1.29 is 13.3 Å². The number of rotatable bonds is 5. The van der Waals surface area contributed by atoms with E-state index >= 15 is 0 Å². The zero-order chi connectivity index (χ0) is 17.2. The average molecular weight is 336 g/mol. The van der Waals surface area contributed by atoms with Gasteiger partial charge in [0.15, 0.2) is 0 Å². The lowest BCUT2D eigenvalue weighted by Gasteiger charge is -2.13. The van der Waals surface area contributed by atoms with Crippen LogP contribution in [0.2, 0.25) is 0 Å². The molecule has 0 heterocycles. The number of hydrogen-bond acceptors (Lipinski definition) is 6. The van der Waals surface area contributed by atoms with E-state index in [2.05, 4.69) is 5.32 Å². The molecule has 0 bridgehead atoms. The monoisotopic (exact) mass is 336 g/mol. The lowest BCUT2D eigenvalue weighted by atomic mass is 10.2. The second kappa shape index (κ2) is 6.23. The molecule has 0 aliphatic rings. The van der Waals surface area contributed by atoms with Gasteiger partial charge in [-0.05, 0) is 36.4 Å². The summed E-state index contributed by atoms with van der Waals surface area (Å²) in [7, 11) is -1.02. The van der Waals surface area contributed by atoms with Gasteiger partial charge in [0.1, 0.15) is 5.69 Å². The number of hydrogen-bond donors (Lipinski definition) is 2. The van der Waals surface area contributed by atoms with E-state index in [4.69, 9.17) is 5.73 Å². The second-order valence-corrected chi connectivity index (χ2v) is 7.12. The number of benzene rings is 2. The summed E-state index contributed by atoms with van der Waals surface area (Å²) in [4.78, 5) is 10.5. The zero-order valence-corrected chi connectivity index (χ0v) is 13.4. The van der Waals surface area contributed by atoms with Crippen LogP contribution in [0.5, 0.6) is 0 Å². The van der Waals surface area contributed by atoms with Crippen molar-refractivity contribution in [2.75, 3.05) is 25.1 Å². The number of nitrogens with two attached hydrogens (primary N) is 1. The van der Waals surface area contributed by atoms with Crippen molar-refractivity contribution in [1.82, 2.24) is 4.31 Å². The molecule has 0 fully saturated rings. The van der Waals surface area contributed by atoms with Crippen molar-refractivity contribution >= 4 is 32.8 Å². The van der Waals surface area contributed by atoms with E-state index < -0.39 is 14.9 Å². The molecule has 3 N–H and O–H groups in total. The van der Waals surface area contributed by atoms with Gasteiger partial charge in [-0.15, -0.1) is 0 Å². The quantitative estimate of drug-likeness (QED) is 0.491. The third-order valence-corrected chi connectivity index (χ3v) is 4.95. The van der Waals surface area contributed by atoms with E-state index in [0.29, 0.717) is 11.4 Å². The molecule has 8 nitrogen and oxygen atoms in total. The Morgan fingerprint density at radius 1 is 1.13 bits per heavy atom. The summed E-state index contributed by atoms with van der Waals surface area (Å²) in [5, 5.41) is 14.1. The van der Waals surface area contributed by atoms with Gasteiger partial charge in [-0.25, -0.2) is 12.7 Å². The molecule has 0 radical (unpaired) electrons. The molecule has 0 atom stereocenters. The summed E-state index contributed by atoms with van der Waals surface area (Å²) in [6.45, 7) is 0. The molecule has 0 aliphatic carbocycles. The normalized spacial score (nSPS) is 11.4. The van der Waals surface area contributed by atoms with Crippen molar-refractivity contribution in [3.8, 4) is 0 Å². The minimum absolute atomic E-state index is 0.142. The number of nitro groups is 1.